The minimum absolute atomic E-state index is 0.210. The van der Waals surface area contributed by atoms with Crippen LogP contribution in [-0.2, 0) is 10.0 Å². The molecule has 1 amide bonds. The van der Waals surface area contributed by atoms with Gasteiger partial charge in [-0.1, -0.05) is 6.07 Å². The molecule has 212 valence electrons. The molecule has 1 aliphatic carbocycles. The Morgan fingerprint density at radius 2 is 1.80 bits per heavy atom. The number of amides is 1. The first kappa shape index (κ1) is 26.6. The topological polar surface area (TPSA) is 128 Å². The molecule has 0 atom stereocenters. The van der Waals surface area contributed by atoms with Crippen LogP contribution < -0.4 is 19.8 Å². The van der Waals surface area contributed by atoms with Gasteiger partial charge < -0.3 is 20.2 Å². The molecule has 3 N–H and O–H groups in total. The monoisotopic (exact) mass is 572 g/mol. The summed E-state index contributed by atoms with van der Waals surface area (Å²) in [5.41, 5.74) is 2.71. The number of rotatable bonds is 8. The number of nitrogens with zero attached hydrogens (tertiary/aromatic N) is 4. The van der Waals surface area contributed by atoms with Gasteiger partial charge in [0, 0.05) is 24.7 Å². The average molecular weight is 573 g/mol. The number of fused-ring (bicyclic) bond motifs is 1. The third kappa shape index (κ3) is 5.39. The van der Waals surface area contributed by atoms with Crippen molar-refractivity contribution >= 4 is 49.8 Å². The molecule has 0 radical (unpaired) electrons. The number of aromatic nitrogens is 2. The van der Waals surface area contributed by atoms with E-state index >= 15 is 0 Å². The van der Waals surface area contributed by atoms with Gasteiger partial charge in [0.25, 0.3) is 11.8 Å². The largest absolute Gasteiger partial charge is 0.395 e. The van der Waals surface area contributed by atoms with Crippen molar-refractivity contribution in [1.82, 2.24) is 9.97 Å². The van der Waals surface area contributed by atoms with Gasteiger partial charge in [0.1, 0.15) is 0 Å². The molecular weight excluding hydrogens is 542 g/mol. The van der Waals surface area contributed by atoms with Crippen LogP contribution in [-0.4, -0.2) is 73.9 Å². The van der Waals surface area contributed by atoms with Gasteiger partial charge in [0.15, 0.2) is 0 Å². The van der Waals surface area contributed by atoms with Crippen LogP contribution in [0.5, 0.6) is 0 Å². The number of hydrogen-bond donors (Lipinski definition) is 3. The van der Waals surface area contributed by atoms with Crippen molar-refractivity contribution in [1.29, 1.82) is 0 Å². The third-order valence-corrected chi connectivity index (χ3v) is 9.25. The van der Waals surface area contributed by atoms with E-state index in [9.17, 15) is 22.0 Å². The van der Waals surface area contributed by atoms with Crippen LogP contribution in [0.3, 0.4) is 0 Å². The van der Waals surface area contributed by atoms with Crippen molar-refractivity contribution in [3.05, 3.63) is 48.2 Å². The zero-order valence-electron chi connectivity index (χ0n) is 21.7. The van der Waals surface area contributed by atoms with E-state index in [1.165, 1.54) is 30.0 Å². The molecule has 1 saturated carbocycles. The quantitative estimate of drug-likeness (QED) is 0.375. The van der Waals surface area contributed by atoms with Gasteiger partial charge in [0.2, 0.25) is 16.0 Å². The summed E-state index contributed by atoms with van der Waals surface area (Å²) in [5, 5.41) is 12.6. The fourth-order valence-electron chi connectivity index (χ4n) is 5.45. The van der Waals surface area contributed by atoms with Crippen molar-refractivity contribution in [2.24, 2.45) is 5.41 Å². The molecule has 3 fully saturated rings. The first-order chi connectivity index (χ1) is 19.1. The zero-order valence-corrected chi connectivity index (χ0v) is 22.6. The Morgan fingerprint density at radius 1 is 1.05 bits per heavy atom. The number of aliphatic hydroxyl groups is 1. The number of carbonyl (C=O) groups excluding carboxylic acids is 1. The molecule has 1 aromatic heterocycles. The van der Waals surface area contributed by atoms with Crippen LogP contribution in [0.25, 0.3) is 10.9 Å². The number of nitrogens with one attached hydrogen (secondary N) is 2. The zero-order chi connectivity index (χ0) is 28.1. The summed E-state index contributed by atoms with van der Waals surface area (Å²) >= 11 is 0. The number of benzene rings is 2. The van der Waals surface area contributed by atoms with Crippen LogP contribution in [0.4, 0.5) is 31.8 Å². The Bertz CT molecular complexity index is 1560. The Balaban J connectivity index is 1.27. The Morgan fingerprint density at radius 3 is 2.48 bits per heavy atom. The summed E-state index contributed by atoms with van der Waals surface area (Å²) in [4.78, 5) is 25.8. The number of alkyl halides is 2. The fourth-order valence-corrected chi connectivity index (χ4v) is 6.28. The number of anilines is 4. The van der Waals surface area contributed by atoms with E-state index in [4.69, 9.17) is 5.11 Å². The van der Waals surface area contributed by atoms with Gasteiger partial charge >= 0.3 is 0 Å². The Labute approximate surface area is 230 Å². The Hall–Kier alpha value is -3.58. The molecule has 13 heteroatoms. The molecule has 3 heterocycles. The van der Waals surface area contributed by atoms with E-state index in [1.807, 2.05) is 0 Å². The summed E-state index contributed by atoms with van der Waals surface area (Å²) in [6.07, 6.45) is 5.99. The fraction of sp³-hybridized carbons (Fsp3) is 0.444. The lowest BCUT2D eigenvalue weighted by Gasteiger charge is -2.38. The number of hydrogen-bond acceptors (Lipinski definition) is 8. The van der Waals surface area contributed by atoms with Gasteiger partial charge in [-0.05, 0) is 61.4 Å². The van der Waals surface area contributed by atoms with E-state index in [0.29, 0.717) is 38.9 Å². The highest BCUT2D eigenvalue weighted by Gasteiger charge is 2.45. The van der Waals surface area contributed by atoms with Crippen molar-refractivity contribution in [3.8, 4) is 0 Å². The number of halogens is 2. The number of carbonyl (C=O) groups is 1. The predicted octanol–water partition coefficient (Wildman–Crippen LogP) is 3.45. The Kier molecular flexibility index (Phi) is 6.53. The first-order valence-corrected chi connectivity index (χ1v) is 14.9. The lowest BCUT2D eigenvalue weighted by atomic mass is 9.93. The molecule has 2 aromatic carbocycles. The highest BCUT2D eigenvalue weighted by atomic mass is 32.2. The minimum atomic E-state index is -3.74. The molecule has 2 saturated heterocycles. The molecule has 3 aromatic rings. The summed E-state index contributed by atoms with van der Waals surface area (Å²) in [7, 11) is -3.74. The summed E-state index contributed by atoms with van der Waals surface area (Å²) in [6, 6.07) is 9.95. The molecule has 10 nitrogen and oxygen atoms in total. The minimum Gasteiger partial charge on any atom is -0.395 e. The van der Waals surface area contributed by atoms with Gasteiger partial charge in [-0.15, -0.1) is 0 Å². The second-order valence-corrected chi connectivity index (χ2v) is 12.8. The highest BCUT2D eigenvalue weighted by molar-refractivity contribution is 7.92. The van der Waals surface area contributed by atoms with Crippen molar-refractivity contribution in [2.45, 2.75) is 31.6 Å². The van der Waals surface area contributed by atoms with Crippen LogP contribution in [0.15, 0.2) is 42.6 Å². The number of aliphatic hydroxyl groups excluding tert-OH is 1. The van der Waals surface area contributed by atoms with Crippen LogP contribution in [0.2, 0.25) is 0 Å². The van der Waals surface area contributed by atoms with E-state index in [1.54, 1.807) is 30.3 Å². The van der Waals surface area contributed by atoms with Crippen LogP contribution in [0, 0.1) is 5.41 Å². The van der Waals surface area contributed by atoms with Crippen LogP contribution >= 0.6 is 0 Å². The van der Waals surface area contributed by atoms with E-state index in [0.717, 1.165) is 25.9 Å². The van der Waals surface area contributed by atoms with E-state index in [-0.39, 0.29) is 11.9 Å². The summed E-state index contributed by atoms with van der Waals surface area (Å²) in [6.45, 7) is 0.154. The number of sulfonamides is 1. The van der Waals surface area contributed by atoms with Crippen molar-refractivity contribution in [3.63, 3.8) is 0 Å². The van der Waals surface area contributed by atoms with E-state index in [2.05, 4.69) is 24.9 Å². The van der Waals surface area contributed by atoms with Crippen molar-refractivity contribution in [2.75, 3.05) is 58.4 Å². The molecule has 2 aliphatic heterocycles. The van der Waals surface area contributed by atoms with E-state index < -0.39 is 41.4 Å². The number of piperidine rings is 1. The summed E-state index contributed by atoms with van der Waals surface area (Å²) < 4.78 is 53.6. The molecule has 40 heavy (non-hydrogen) atoms. The standard InChI is InChI=1S/C27H30F2N6O4S/c28-27(29)16-35(17-27)25-30-15-20-21(2-1-3-22(20)32-25)31-24(37)19-5-4-18(33-40(38,39)13-12-36)14-23(19)34-10-8-26(6-7-26)9-11-34/h1-5,14-15,33,36H,6-13,16-17H2,(H,31,37). The lowest BCUT2D eigenvalue weighted by molar-refractivity contribution is -0.0271. The maximum absolute atomic E-state index is 13.6. The van der Waals surface area contributed by atoms with Crippen molar-refractivity contribution < 1.29 is 27.1 Å². The highest BCUT2D eigenvalue weighted by Crippen LogP contribution is 2.54. The molecule has 3 aliphatic rings. The maximum atomic E-state index is 13.6. The average Bonchev–Trinajstić information content (AvgIpc) is 3.65. The molecule has 0 unspecified atom stereocenters. The molecule has 6 rings (SSSR count). The predicted molar refractivity (Wildman–Crippen MR) is 149 cm³/mol. The van der Waals surface area contributed by atoms with Gasteiger partial charge in [-0.3, -0.25) is 9.52 Å². The first-order valence-electron chi connectivity index (χ1n) is 13.3. The third-order valence-electron chi connectivity index (χ3n) is 7.99. The maximum Gasteiger partial charge on any atom is 0.282 e. The lowest BCUT2D eigenvalue weighted by Crippen LogP contribution is -2.57. The molecular formula is C27H30F2N6O4S. The smallest absolute Gasteiger partial charge is 0.282 e. The van der Waals surface area contributed by atoms with Crippen LogP contribution in [0.1, 0.15) is 36.0 Å². The second-order valence-electron chi connectivity index (χ2n) is 10.9. The normalized spacial score (nSPS) is 19.4. The van der Waals surface area contributed by atoms with Gasteiger partial charge in [-0.2, -0.15) is 0 Å². The molecule has 0 bridgehead atoms. The second kappa shape index (κ2) is 9.81. The molecule has 1 spiro atoms. The SMILES string of the molecule is O=C(Nc1cccc2nc(N3CC(F)(F)C3)ncc12)c1ccc(NS(=O)(=O)CCO)cc1N1CCC2(CC1)CC2. The van der Waals surface area contributed by atoms with Gasteiger partial charge in [0.05, 0.1) is 53.6 Å². The summed E-state index contributed by atoms with van der Waals surface area (Å²) in [5.74, 6) is -3.34. The van der Waals surface area contributed by atoms with Gasteiger partial charge in [-0.25, -0.2) is 27.2 Å².